The number of benzene rings is 1. The van der Waals surface area contributed by atoms with Gasteiger partial charge in [0.05, 0.1) is 17.7 Å². The largest absolute Gasteiger partial charge is 0.492 e. The third kappa shape index (κ3) is 3.92. The van der Waals surface area contributed by atoms with Gasteiger partial charge >= 0.3 is 0 Å². The standard InChI is InChI=1S/C22H25N3O4S/c1-5-28-17-9-14-8-11(2)29-16(14)10-15(17)23-19(26)7-6-18-24-21(27)20-12(3)13(4)30-22(20)25-18/h9-11H,5-8H2,1-4H3,(H,23,26)(H,24,25,27). The van der Waals surface area contributed by atoms with Crippen molar-refractivity contribution in [1.29, 1.82) is 0 Å². The second-order valence-corrected chi connectivity index (χ2v) is 8.75. The second kappa shape index (κ2) is 8.10. The van der Waals surface area contributed by atoms with Gasteiger partial charge in [-0.25, -0.2) is 4.98 Å². The fourth-order valence-electron chi connectivity index (χ4n) is 3.67. The maximum atomic E-state index is 12.6. The molecule has 3 heterocycles. The summed E-state index contributed by atoms with van der Waals surface area (Å²) in [7, 11) is 0. The lowest BCUT2D eigenvalue weighted by molar-refractivity contribution is -0.116. The van der Waals surface area contributed by atoms with Crippen molar-refractivity contribution in [3.05, 3.63) is 44.3 Å². The van der Waals surface area contributed by atoms with Crippen molar-refractivity contribution in [1.82, 2.24) is 9.97 Å². The van der Waals surface area contributed by atoms with Crippen LogP contribution in [0.2, 0.25) is 0 Å². The fraction of sp³-hybridized carbons (Fsp3) is 0.409. The Balaban J connectivity index is 1.48. The third-order valence-electron chi connectivity index (χ3n) is 5.25. The molecule has 0 bridgehead atoms. The van der Waals surface area contributed by atoms with Crippen LogP contribution in [0.5, 0.6) is 11.5 Å². The lowest BCUT2D eigenvalue weighted by atomic mass is 10.1. The van der Waals surface area contributed by atoms with E-state index < -0.39 is 0 Å². The number of aromatic amines is 1. The molecule has 158 valence electrons. The van der Waals surface area contributed by atoms with E-state index in [0.717, 1.165) is 28.2 Å². The molecule has 7 nitrogen and oxygen atoms in total. The zero-order chi connectivity index (χ0) is 21.4. The van der Waals surface area contributed by atoms with E-state index in [1.807, 2.05) is 39.8 Å². The number of ether oxygens (including phenoxy) is 2. The van der Waals surface area contributed by atoms with Gasteiger partial charge in [0.1, 0.15) is 28.3 Å². The molecule has 0 saturated carbocycles. The van der Waals surface area contributed by atoms with Gasteiger partial charge in [-0.2, -0.15) is 0 Å². The van der Waals surface area contributed by atoms with Gasteiger partial charge in [-0.3, -0.25) is 9.59 Å². The molecule has 0 radical (unpaired) electrons. The van der Waals surface area contributed by atoms with Crippen molar-refractivity contribution in [3.63, 3.8) is 0 Å². The Bertz CT molecular complexity index is 1180. The highest BCUT2D eigenvalue weighted by Gasteiger charge is 2.22. The van der Waals surface area contributed by atoms with E-state index >= 15 is 0 Å². The molecule has 1 aliphatic rings. The molecule has 0 fully saturated rings. The van der Waals surface area contributed by atoms with E-state index in [4.69, 9.17) is 9.47 Å². The van der Waals surface area contributed by atoms with Crippen molar-refractivity contribution in [3.8, 4) is 11.5 Å². The van der Waals surface area contributed by atoms with E-state index in [1.165, 1.54) is 11.3 Å². The summed E-state index contributed by atoms with van der Waals surface area (Å²) in [6.45, 7) is 8.33. The third-order valence-corrected chi connectivity index (χ3v) is 6.35. The van der Waals surface area contributed by atoms with Crippen LogP contribution in [-0.2, 0) is 17.6 Å². The molecular formula is C22H25N3O4S. The minimum absolute atomic E-state index is 0.114. The Morgan fingerprint density at radius 2 is 2.20 bits per heavy atom. The number of aryl methyl sites for hydroxylation is 3. The monoisotopic (exact) mass is 427 g/mol. The topological polar surface area (TPSA) is 93.3 Å². The normalized spacial score (nSPS) is 15.1. The first kappa shape index (κ1) is 20.4. The number of anilines is 1. The average Bonchev–Trinajstić information content (AvgIpc) is 3.18. The number of rotatable bonds is 6. The molecular weight excluding hydrogens is 402 g/mol. The summed E-state index contributed by atoms with van der Waals surface area (Å²) < 4.78 is 11.5. The van der Waals surface area contributed by atoms with Gasteiger partial charge in [0.15, 0.2) is 0 Å². The van der Waals surface area contributed by atoms with Crippen LogP contribution in [-0.4, -0.2) is 28.6 Å². The molecule has 1 atom stereocenters. The van der Waals surface area contributed by atoms with Gasteiger partial charge in [-0.05, 0) is 39.3 Å². The molecule has 4 rings (SSSR count). The molecule has 0 aliphatic carbocycles. The van der Waals surface area contributed by atoms with E-state index in [1.54, 1.807) is 0 Å². The van der Waals surface area contributed by atoms with Crippen LogP contribution >= 0.6 is 11.3 Å². The van der Waals surface area contributed by atoms with E-state index in [9.17, 15) is 9.59 Å². The van der Waals surface area contributed by atoms with Crippen LogP contribution in [0.15, 0.2) is 16.9 Å². The first-order chi connectivity index (χ1) is 14.4. The fourth-order valence-corrected chi connectivity index (χ4v) is 4.72. The minimum atomic E-state index is -0.178. The number of fused-ring (bicyclic) bond motifs is 2. The summed E-state index contributed by atoms with van der Waals surface area (Å²) >= 11 is 1.50. The first-order valence-corrected chi connectivity index (χ1v) is 10.9. The summed E-state index contributed by atoms with van der Waals surface area (Å²) in [6, 6.07) is 3.76. The number of carbonyl (C=O) groups excluding carboxylic acids is 1. The molecule has 8 heteroatoms. The second-order valence-electron chi connectivity index (χ2n) is 7.55. The van der Waals surface area contributed by atoms with Crippen LogP contribution in [0.25, 0.3) is 10.2 Å². The van der Waals surface area contributed by atoms with Gasteiger partial charge in [0, 0.05) is 35.8 Å². The Labute approximate surface area is 178 Å². The number of thiophene rings is 1. The van der Waals surface area contributed by atoms with Crippen LogP contribution < -0.4 is 20.3 Å². The summed E-state index contributed by atoms with van der Waals surface area (Å²) in [6.07, 6.45) is 1.47. The average molecular weight is 428 g/mol. The smallest absolute Gasteiger partial charge is 0.259 e. The van der Waals surface area contributed by atoms with Gasteiger partial charge in [0.2, 0.25) is 5.91 Å². The van der Waals surface area contributed by atoms with Crippen LogP contribution in [0.3, 0.4) is 0 Å². The Hall–Kier alpha value is -2.87. The lowest BCUT2D eigenvalue weighted by Gasteiger charge is -2.13. The quantitative estimate of drug-likeness (QED) is 0.622. The molecule has 2 aromatic heterocycles. The minimum Gasteiger partial charge on any atom is -0.492 e. The van der Waals surface area contributed by atoms with E-state index in [2.05, 4.69) is 15.3 Å². The summed E-state index contributed by atoms with van der Waals surface area (Å²) in [5, 5.41) is 3.55. The zero-order valence-corrected chi connectivity index (χ0v) is 18.4. The molecule has 1 unspecified atom stereocenters. The lowest BCUT2D eigenvalue weighted by Crippen LogP contribution is -2.16. The molecule has 1 amide bonds. The van der Waals surface area contributed by atoms with Crippen molar-refractivity contribution >= 4 is 33.1 Å². The number of hydrogen-bond acceptors (Lipinski definition) is 6. The number of carbonyl (C=O) groups is 1. The summed E-state index contributed by atoms with van der Waals surface area (Å²) in [4.78, 5) is 34.1. The zero-order valence-electron chi connectivity index (χ0n) is 17.5. The number of aromatic nitrogens is 2. The number of amides is 1. The number of hydrogen-bond donors (Lipinski definition) is 2. The van der Waals surface area contributed by atoms with Crippen molar-refractivity contribution in [2.45, 2.75) is 53.1 Å². The molecule has 1 aliphatic heterocycles. The van der Waals surface area contributed by atoms with Crippen molar-refractivity contribution < 1.29 is 14.3 Å². The van der Waals surface area contributed by atoms with E-state index in [-0.39, 0.29) is 24.0 Å². The highest BCUT2D eigenvalue weighted by Crippen LogP contribution is 2.38. The van der Waals surface area contributed by atoms with Gasteiger partial charge in [0.25, 0.3) is 5.56 Å². The molecule has 2 N–H and O–H groups in total. The Morgan fingerprint density at radius 1 is 1.40 bits per heavy atom. The van der Waals surface area contributed by atoms with Crippen molar-refractivity contribution in [2.24, 2.45) is 0 Å². The predicted octanol–water partition coefficient (Wildman–Crippen LogP) is 3.89. The number of H-pyrrole nitrogens is 1. The first-order valence-electron chi connectivity index (χ1n) is 10.1. The maximum absolute atomic E-state index is 12.6. The highest BCUT2D eigenvalue weighted by atomic mass is 32.1. The van der Waals surface area contributed by atoms with Crippen molar-refractivity contribution in [2.75, 3.05) is 11.9 Å². The molecule has 0 saturated heterocycles. The predicted molar refractivity (Wildman–Crippen MR) is 118 cm³/mol. The maximum Gasteiger partial charge on any atom is 0.259 e. The van der Waals surface area contributed by atoms with Gasteiger partial charge in [-0.1, -0.05) is 0 Å². The number of nitrogens with one attached hydrogen (secondary N) is 2. The molecule has 1 aromatic carbocycles. The van der Waals surface area contributed by atoms with Crippen LogP contribution in [0, 0.1) is 13.8 Å². The molecule has 30 heavy (non-hydrogen) atoms. The Morgan fingerprint density at radius 3 is 2.97 bits per heavy atom. The highest BCUT2D eigenvalue weighted by molar-refractivity contribution is 7.18. The Kier molecular flexibility index (Phi) is 5.51. The molecule has 3 aromatic rings. The van der Waals surface area contributed by atoms with E-state index in [0.29, 0.717) is 40.5 Å². The summed E-state index contributed by atoms with van der Waals surface area (Å²) in [5.41, 5.74) is 2.49. The number of nitrogens with zero attached hydrogens (tertiary/aromatic N) is 1. The van der Waals surface area contributed by atoms with Crippen LogP contribution in [0.1, 0.15) is 42.1 Å². The summed E-state index contributed by atoms with van der Waals surface area (Å²) in [5.74, 6) is 1.75. The van der Waals surface area contributed by atoms with Gasteiger partial charge < -0.3 is 19.8 Å². The SMILES string of the molecule is CCOc1cc2c(cc1NC(=O)CCc1nc3sc(C)c(C)c3c(=O)[nH]1)OC(C)C2. The van der Waals surface area contributed by atoms with Crippen LogP contribution in [0.4, 0.5) is 5.69 Å². The van der Waals surface area contributed by atoms with Gasteiger partial charge in [-0.15, -0.1) is 11.3 Å². The molecule has 0 spiro atoms.